The summed E-state index contributed by atoms with van der Waals surface area (Å²) in [7, 11) is 1.79. The smallest absolute Gasteiger partial charge is 0.323 e. The van der Waals surface area contributed by atoms with E-state index in [2.05, 4.69) is 39.0 Å². The molecule has 0 spiro atoms. The maximum Gasteiger partial charge on any atom is 0.323 e. The van der Waals surface area contributed by atoms with Crippen molar-refractivity contribution in [2.24, 2.45) is 0 Å². The van der Waals surface area contributed by atoms with Crippen LogP contribution in [-0.2, 0) is 4.74 Å². The first kappa shape index (κ1) is 15.8. The minimum Gasteiger partial charge on any atom is -0.461 e. The molecule has 1 aromatic rings. The summed E-state index contributed by atoms with van der Waals surface area (Å²) in [5, 5.41) is 2.95. The first-order chi connectivity index (χ1) is 10.3. The highest BCUT2D eigenvalue weighted by Gasteiger charge is 2.16. The van der Waals surface area contributed by atoms with Crippen LogP contribution in [0.4, 0.5) is 11.9 Å². The minimum atomic E-state index is 0.144. The molecule has 1 atom stereocenters. The number of nitrogens with one attached hydrogen (secondary N) is 1. The molecule has 1 fully saturated rings. The van der Waals surface area contributed by atoms with Crippen molar-refractivity contribution < 1.29 is 9.47 Å². The van der Waals surface area contributed by atoms with Crippen LogP contribution in [-0.4, -0.2) is 54.4 Å². The second-order valence-corrected chi connectivity index (χ2v) is 4.96. The second kappa shape index (κ2) is 7.97. The van der Waals surface area contributed by atoms with Crippen molar-refractivity contribution in [1.29, 1.82) is 0 Å². The third-order valence-corrected chi connectivity index (χ3v) is 3.55. The van der Waals surface area contributed by atoms with Gasteiger partial charge in [0.2, 0.25) is 11.9 Å². The van der Waals surface area contributed by atoms with Gasteiger partial charge in [-0.15, -0.1) is 0 Å². The predicted molar refractivity (Wildman–Crippen MR) is 82.0 cm³/mol. The Morgan fingerprint density at radius 2 is 2.05 bits per heavy atom. The highest BCUT2D eigenvalue weighted by atomic mass is 16.5. The average molecular weight is 295 g/mol. The molecule has 0 aromatic carbocycles. The molecular formula is C14H25N5O2. The SMILES string of the molecule is CCN(CC)c1nc(NC)nc(OCC2CCCCO2)n1. The van der Waals surface area contributed by atoms with Crippen molar-refractivity contribution in [3.05, 3.63) is 0 Å². The molecule has 0 saturated carbocycles. The van der Waals surface area contributed by atoms with E-state index in [9.17, 15) is 0 Å². The Kier molecular flexibility index (Phi) is 5.98. The Morgan fingerprint density at radius 3 is 2.67 bits per heavy atom. The summed E-state index contributed by atoms with van der Waals surface area (Å²) in [6, 6.07) is 0.352. The van der Waals surface area contributed by atoms with Gasteiger partial charge in [-0.25, -0.2) is 0 Å². The summed E-state index contributed by atoms with van der Waals surface area (Å²) in [6.45, 7) is 7.14. The summed E-state index contributed by atoms with van der Waals surface area (Å²) >= 11 is 0. The zero-order valence-corrected chi connectivity index (χ0v) is 13.1. The van der Waals surface area contributed by atoms with Crippen LogP contribution < -0.4 is 15.0 Å². The highest BCUT2D eigenvalue weighted by molar-refractivity contribution is 5.37. The number of rotatable bonds is 7. The van der Waals surface area contributed by atoms with Crippen LogP contribution >= 0.6 is 0 Å². The van der Waals surface area contributed by atoms with Crippen molar-refractivity contribution in [2.45, 2.75) is 39.2 Å². The monoisotopic (exact) mass is 295 g/mol. The van der Waals surface area contributed by atoms with Crippen LogP contribution in [0.5, 0.6) is 6.01 Å². The van der Waals surface area contributed by atoms with Crippen LogP contribution in [0.3, 0.4) is 0 Å². The number of aromatic nitrogens is 3. The van der Waals surface area contributed by atoms with Crippen LogP contribution in [0.2, 0.25) is 0 Å². The van der Waals surface area contributed by atoms with Crippen LogP contribution in [0.1, 0.15) is 33.1 Å². The average Bonchev–Trinajstić information content (AvgIpc) is 2.55. The lowest BCUT2D eigenvalue weighted by Gasteiger charge is -2.23. The standard InChI is InChI=1S/C14H25N5O2/c1-4-19(5-2)13-16-12(15-3)17-14(18-13)21-10-11-8-6-7-9-20-11/h11H,4-10H2,1-3H3,(H,15,16,17,18). The molecule has 1 aromatic heterocycles. The van der Waals surface area contributed by atoms with Crippen molar-refractivity contribution >= 4 is 11.9 Å². The van der Waals surface area contributed by atoms with Gasteiger partial charge in [0.15, 0.2) is 0 Å². The molecule has 1 unspecified atom stereocenters. The molecule has 0 aliphatic carbocycles. The van der Waals surface area contributed by atoms with Gasteiger partial charge in [0.05, 0.1) is 6.10 Å². The summed E-state index contributed by atoms with van der Waals surface area (Å²) in [5.74, 6) is 1.16. The fraction of sp³-hybridized carbons (Fsp3) is 0.786. The van der Waals surface area contributed by atoms with Gasteiger partial charge >= 0.3 is 6.01 Å². The molecule has 7 heteroatoms. The summed E-state index contributed by atoms with van der Waals surface area (Å²) in [5.41, 5.74) is 0. The highest BCUT2D eigenvalue weighted by Crippen LogP contribution is 2.17. The molecule has 7 nitrogen and oxygen atoms in total. The number of ether oxygens (including phenoxy) is 2. The number of hydrogen-bond acceptors (Lipinski definition) is 7. The van der Waals surface area contributed by atoms with E-state index >= 15 is 0 Å². The largest absolute Gasteiger partial charge is 0.461 e. The van der Waals surface area contributed by atoms with Gasteiger partial charge in [0.25, 0.3) is 0 Å². The first-order valence-electron chi connectivity index (χ1n) is 7.70. The van der Waals surface area contributed by atoms with Gasteiger partial charge < -0.3 is 19.7 Å². The van der Waals surface area contributed by atoms with E-state index in [1.54, 1.807) is 7.05 Å². The Labute approximate surface area is 126 Å². The molecule has 2 heterocycles. The summed E-state index contributed by atoms with van der Waals surface area (Å²) in [6.07, 6.45) is 3.51. The van der Waals surface area contributed by atoms with E-state index in [0.29, 0.717) is 24.5 Å². The van der Waals surface area contributed by atoms with Crippen molar-refractivity contribution in [2.75, 3.05) is 43.6 Å². The van der Waals surface area contributed by atoms with Crippen molar-refractivity contribution in [1.82, 2.24) is 15.0 Å². The van der Waals surface area contributed by atoms with E-state index in [0.717, 1.165) is 32.5 Å². The van der Waals surface area contributed by atoms with E-state index in [4.69, 9.17) is 9.47 Å². The molecular weight excluding hydrogens is 270 g/mol. The van der Waals surface area contributed by atoms with Gasteiger partial charge in [-0.3, -0.25) is 0 Å². The molecule has 0 amide bonds. The van der Waals surface area contributed by atoms with E-state index in [1.165, 1.54) is 6.42 Å². The Bertz CT molecular complexity index is 433. The van der Waals surface area contributed by atoms with Crippen LogP contribution in [0.25, 0.3) is 0 Å². The quantitative estimate of drug-likeness (QED) is 0.821. The normalized spacial score (nSPS) is 18.3. The zero-order valence-electron chi connectivity index (χ0n) is 13.1. The Hall–Kier alpha value is -1.63. The molecule has 1 aliphatic rings. The zero-order chi connectivity index (χ0) is 15.1. The lowest BCUT2D eigenvalue weighted by Crippen LogP contribution is -2.27. The van der Waals surface area contributed by atoms with Crippen molar-refractivity contribution in [3.8, 4) is 6.01 Å². The molecule has 0 radical (unpaired) electrons. The topological polar surface area (TPSA) is 72.4 Å². The number of nitrogens with zero attached hydrogens (tertiary/aromatic N) is 4. The van der Waals surface area contributed by atoms with Gasteiger partial charge in [0, 0.05) is 26.7 Å². The van der Waals surface area contributed by atoms with Crippen LogP contribution in [0.15, 0.2) is 0 Å². The lowest BCUT2D eigenvalue weighted by molar-refractivity contribution is -0.0129. The number of anilines is 2. The fourth-order valence-electron chi connectivity index (χ4n) is 2.28. The molecule has 118 valence electrons. The summed E-state index contributed by atoms with van der Waals surface area (Å²) in [4.78, 5) is 15.1. The van der Waals surface area contributed by atoms with Crippen LogP contribution in [0, 0.1) is 0 Å². The molecule has 21 heavy (non-hydrogen) atoms. The Morgan fingerprint density at radius 1 is 1.24 bits per heavy atom. The minimum absolute atomic E-state index is 0.144. The third kappa shape index (κ3) is 4.42. The summed E-state index contributed by atoms with van der Waals surface area (Å²) < 4.78 is 11.4. The first-order valence-corrected chi connectivity index (χ1v) is 7.70. The fourth-order valence-corrected chi connectivity index (χ4v) is 2.28. The lowest BCUT2D eigenvalue weighted by atomic mass is 10.1. The predicted octanol–water partition coefficient (Wildman–Crippen LogP) is 1.71. The molecule has 1 aliphatic heterocycles. The van der Waals surface area contributed by atoms with Gasteiger partial charge in [-0.2, -0.15) is 15.0 Å². The van der Waals surface area contributed by atoms with E-state index in [-0.39, 0.29) is 6.10 Å². The van der Waals surface area contributed by atoms with E-state index < -0.39 is 0 Å². The maximum atomic E-state index is 5.71. The molecule has 1 N–H and O–H groups in total. The Balaban J connectivity index is 2.04. The van der Waals surface area contributed by atoms with Gasteiger partial charge in [-0.05, 0) is 33.1 Å². The molecule has 2 rings (SSSR count). The second-order valence-electron chi connectivity index (χ2n) is 4.96. The maximum absolute atomic E-state index is 5.71. The molecule has 0 bridgehead atoms. The van der Waals surface area contributed by atoms with Gasteiger partial charge in [0.1, 0.15) is 6.61 Å². The third-order valence-electron chi connectivity index (χ3n) is 3.55. The molecule has 1 saturated heterocycles. The van der Waals surface area contributed by atoms with Crippen molar-refractivity contribution in [3.63, 3.8) is 0 Å². The van der Waals surface area contributed by atoms with Gasteiger partial charge in [-0.1, -0.05) is 0 Å². The number of hydrogen-bond donors (Lipinski definition) is 1. The van der Waals surface area contributed by atoms with E-state index in [1.807, 2.05) is 0 Å².